The molecule has 0 amide bonds. The quantitative estimate of drug-likeness (QED) is 0.551. The highest BCUT2D eigenvalue weighted by atomic mass is 32.1. The van der Waals surface area contributed by atoms with Gasteiger partial charge >= 0.3 is 0 Å². The number of thiazole rings is 1. The molecule has 2 aromatic heterocycles. The maximum Gasteiger partial charge on any atom is 0.232 e. The van der Waals surface area contributed by atoms with Crippen LogP contribution in [0.5, 0.6) is 17.4 Å². The first-order chi connectivity index (χ1) is 14.1. The molecule has 1 N–H and O–H groups in total. The molecule has 3 heterocycles. The highest BCUT2D eigenvalue weighted by molar-refractivity contribution is 7.22. The molecular weight excluding hydrogens is 397 g/mol. The molecule has 0 saturated carbocycles. The molecule has 9 heteroatoms. The smallest absolute Gasteiger partial charge is 0.232 e. The van der Waals surface area contributed by atoms with E-state index in [0.717, 1.165) is 0 Å². The van der Waals surface area contributed by atoms with Crippen molar-refractivity contribution in [1.29, 1.82) is 0 Å². The normalized spacial score (nSPS) is 15.8. The van der Waals surface area contributed by atoms with Crippen molar-refractivity contribution in [2.24, 2.45) is 0 Å². The van der Waals surface area contributed by atoms with Gasteiger partial charge in [0.1, 0.15) is 27.9 Å². The Morgan fingerprint density at radius 2 is 2.17 bits per heavy atom. The molecule has 4 aromatic rings. The number of rotatable bonds is 3. The average Bonchev–Trinajstić information content (AvgIpc) is 3.18. The molecule has 147 valence electrons. The largest absolute Gasteiger partial charge is 0.484 e. The van der Waals surface area contributed by atoms with Crippen molar-refractivity contribution in [2.45, 2.75) is 12.7 Å². The van der Waals surface area contributed by atoms with Gasteiger partial charge in [0.25, 0.3) is 0 Å². The van der Waals surface area contributed by atoms with E-state index in [-0.39, 0.29) is 18.7 Å². The Kier molecular flexibility index (Phi) is 4.21. The van der Waals surface area contributed by atoms with Crippen LogP contribution in [0.3, 0.4) is 0 Å². The Labute approximate surface area is 168 Å². The van der Waals surface area contributed by atoms with Crippen LogP contribution in [-0.2, 0) is 6.61 Å². The molecule has 0 bridgehead atoms. The number of aliphatic hydroxyl groups is 1. The zero-order valence-electron chi connectivity index (χ0n) is 15.3. The van der Waals surface area contributed by atoms with Gasteiger partial charge in [-0.05, 0) is 24.6 Å². The van der Waals surface area contributed by atoms with Gasteiger partial charge in [-0.3, -0.25) is 0 Å². The van der Waals surface area contributed by atoms with Crippen LogP contribution in [0.4, 0.5) is 4.39 Å². The lowest BCUT2D eigenvalue weighted by Crippen LogP contribution is -2.26. The molecule has 1 aliphatic rings. The highest BCUT2D eigenvalue weighted by Gasteiger charge is 2.26. The number of methoxy groups -OCH3 is 1. The first-order valence-corrected chi connectivity index (χ1v) is 9.59. The van der Waals surface area contributed by atoms with E-state index in [1.807, 2.05) is 0 Å². The molecule has 5 rings (SSSR count). The second-order valence-electron chi connectivity index (χ2n) is 6.51. The molecule has 2 aromatic carbocycles. The minimum atomic E-state index is -0.505. The molecule has 0 unspecified atom stereocenters. The number of nitrogens with zero attached hydrogens (tertiary/aromatic N) is 3. The summed E-state index contributed by atoms with van der Waals surface area (Å²) in [7, 11) is 1.50. The predicted molar refractivity (Wildman–Crippen MR) is 106 cm³/mol. The van der Waals surface area contributed by atoms with Gasteiger partial charge in [-0.2, -0.15) is 0 Å². The third-order valence-corrected chi connectivity index (χ3v) is 5.64. The topological polar surface area (TPSA) is 86.6 Å². The van der Waals surface area contributed by atoms with Gasteiger partial charge in [-0.1, -0.05) is 0 Å². The summed E-state index contributed by atoms with van der Waals surface area (Å²) in [6.45, 7) is 3.89. The van der Waals surface area contributed by atoms with Crippen LogP contribution in [-0.4, -0.2) is 39.9 Å². The molecule has 7 nitrogen and oxygen atoms in total. The minimum Gasteiger partial charge on any atom is -0.484 e. The van der Waals surface area contributed by atoms with Crippen LogP contribution in [0.25, 0.3) is 31.8 Å². The zero-order valence-corrected chi connectivity index (χ0v) is 16.1. The standard InChI is InChI=1S/C20H15FN3O4S/c1-9-8-27-18-14(28-9)5-12(21)17-19(18)29-20(24-17)11-3-10(7-25)4-13-16(11)22-6-15(23-13)26-2/h3-6,9,25H,1,7-8H2,2H3/t9-/m1/s1. The summed E-state index contributed by atoms with van der Waals surface area (Å²) in [5.41, 5.74) is 2.59. The third-order valence-electron chi connectivity index (χ3n) is 4.55. The fourth-order valence-corrected chi connectivity index (χ4v) is 4.33. The molecule has 0 aliphatic carbocycles. The van der Waals surface area contributed by atoms with Crippen LogP contribution >= 0.6 is 11.3 Å². The molecular formula is C20H15FN3O4S. The molecule has 29 heavy (non-hydrogen) atoms. The molecule has 1 aliphatic heterocycles. The molecule has 0 spiro atoms. The minimum absolute atomic E-state index is 0.182. The van der Waals surface area contributed by atoms with E-state index in [1.54, 1.807) is 12.1 Å². The Balaban J connectivity index is 1.75. The summed E-state index contributed by atoms with van der Waals surface area (Å²) in [4.78, 5) is 13.3. The van der Waals surface area contributed by atoms with Crippen molar-refractivity contribution in [3.8, 4) is 28.0 Å². The third kappa shape index (κ3) is 2.93. The van der Waals surface area contributed by atoms with E-state index in [0.29, 0.717) is 49.2 Å². The van der Waals surface area contributed by atoms with Crippen LogP contribution < -0.4 is 14.2 Å². The van der Waals surface area contributed by atoms with Crippen molar-refractivity contribution in [3.05, 3.63) is 42.7 Å². The molecule has 1 atom stereocenters. The highest BCUT2D eigenvalue weighted by Crippen LogP contribution is 2.45. The van der Waals surface area contributed by atoms with Crippen molar-refractivity contribution in [1.82, 2.24) is 15.0 Å². The second kappa shape index (κ2) is 6.78. The van der Waals surface area contributed by atoms with E-state index in [4.69, 9.17) is 14.2 Å². The predicted octanol–water partition coefficient (Wildman–Crippen LogP) is 3.52. The number of fused-ring (bicyclic) bond motifs is 4. The van der Waals surface area contributed by atoms with E-state index >= 15 is 0 Å². The molecule has 0 fully saturated rings. The average molecular weight is 412 g/mol. The lowest BCUT2D eigenvalue weighted by Gasteiger charge is -2.23. The van der Waals surface area contributed by atoms with E-state index < -0.39 is 11.9 Å². The summed E-state index contributed by atoms with van der Waals surface area (Å²) >= 11 is 1.27. The molecule has 1 radical (unpaired) electrons. The number of hydrogen-bond acceptors (Lipinski definition) is 8. The number of ether oxygens (including phenoxy) is 3. The first kappa shape index (κ1) is 18.0. The number of aliphatic hydroxyl groups excluding tert-OH is 1. The van der Waals surface area contributed by atoms with Crippen LogP contribution in [0, 0.1) is 12.7 Å². The SMILES string of the molecule is [CH2][C@@H]1COc2c(cc(F)c3nc(-c4cc(CO)cc5nc(OC)cnc45)sc23)O1. The van der Waals surface area contributed by atoms with Crippen LogP contribution in [0.1, 0.15) is 5.56 Å². The maximum absolute atomic E-state index is 14.7. The van der Waals surface area contributed by atoms with E-state index in [1.165, 1.54) is 30.7 Å². The van der Waals surface area contributed by atoms with Crippen molar-refractivity contribution >= 4 is 32.6 Å². The summed E-state index contributed by atoms with van der Waals surface area (Å²) < 4.78 is 31.7. The Bertz CT molecular complexity index is 1250. The maximum atomic E-state index is 14.7. The summed E-state index contributed by atoms with van der Waals surface area (Å²) in [5, 5.41) is 10.2. The zero-order chi connectivity index (χ0) is 20.1. The van der Waals surface area contributed by atoms with Gasteiger partial charge in [0.15, 0.2) is 17.3 Å². The van der Waals surface area contributed by atoms with Crippen LogP contribution in [0.15, 0.2) is 24.4 Å². The van der Waals surface area contributed by atoms with E-state index in [2.05, 4.69) is 21.9 Å². The first-order valence-electron chi connectivity index (χ1n) is 8.78. The Hall–Kier alpha value is -3.04. The van der Waals surface area contributed by atoms with E-state index in [9.17, 15) is 9.50 Å². The number of hydrogen-bond donors (Lipinski definition) is 1. The lowest BCUT2D eigenvalue weighted by atomic mass is 10.1. The van der Waals surface area contributed by atoms with Gasteiger partial charge in [-0.25, -0.2) is 19.3 Å². The fraction of sp³-hybridized carbons (Fsp3) is 0.200. The summed E-state index contributed by atoms with van der Waals surface area (Å²) in [5.74, 6) is 0.626. The lowest BCUT2D eigenvalue weighted by molar-refractivity contribution is 0.122. The van der Waals surface area contributed by atoms with Crippen LogP contribution in [0.2, 0.25) is 0 Å². The Morgan fingerprint density at radius 3 is 2.97 bits per heavy atom. The van der Waals surface area contributed by atoms with Gasteiger partial charge < -0.3 is 19.3 Å². The van der Waals surface area contributed by atoms with Crippen molar-refractivity contribution < 1.29 is 23.7 Å². The van der Waals surface area contributed by atoms with Gasteiger partial charge in [0.2, 0.25) is 5.88 Å². The molecule has 0 saturated heterocycles. The van der Waals surface area contributed by atoms with Crippen molar-refractivity contribution in [2.75, 3.05) is 13.7 Å². The van der Waals surface area contributed by atoms with Crippen molar-refractivity contribution in [3.63, 3.8) is 0 Å². The van der Waals surface area contributed by atoms with Gasteiger partial charge in [0, 0.05) is 11.6 Å². The van der Waals surface area contributed by atoms with Gasteiger partial charge in [-0.15, -0.1) is 11.3 Å². The number of benzene rings is 2. The fourth-order valence-electron chi connectivity index (χ4n) is 3.24. The number of aromatic nitrogens is 3. The summed E-state index contributed by atoms with van der Waals surface area (Å²) in [6, 6.07) is 4.77. The van der Waals surface area contributed by atoms with Gasteiger partial charge in [0.05, 0.1) is 30.9 Å². The number of halogens is 1. The summed E-state index contributed by atoms with van der Waals surface area (Å²) in [6.07, 6.45) is 1.10. The second-order valence-corrected chi connectivity index (χ2v) is 7.51. The monoisotopic (exact) mass is 412 g/mol. The Morgan fingerprint density at radius 1 is 1.31 bits per heavy atom.